The number of nitrogens with one attached hydrogen (secondary N) is 1. The third kappa shape index (κ3) is 2.69. The molecule has 18 heavy (non-hydrogen) atoms. The minimum absolute atomic E-state index is 0.299. The van der Waals surface area contributed by atoms with E-state index in [0.717, 1.165) is 5.56 Å². The van der Waals surface area contributed by atoms with E-state index in [9.17, 15) is 4.39 Å². The van der Waals surface area contributed by atoms with Crippen molar-refractivity contribution in [1.29, 1.82) is 0 Å². The van der Waals surface area contributed by atoms with Crippen LogP contribution in [-0.2, 0) is 13.5 Å². The lowest BCUT2D eigenvalue weighted by atomic mass is 10.0. The number of nitrogens with zero attached hydrogens (tertiary/aromatic N) is 4. The molecule has 0 fully saturated rings. The molecule has 2 rings (SSSR count). The number of nitrogens with two attached hydrogens (primary N) is 1. The van der Waals surface area contributed by atoms with E-state index in [4.69, 9.17) is 5.84 Å². The summed E-state index contributed by atoms with van der Waals surface area (Å²) in [7, 11) is 1.68. The van der Waals surface area contributed by atoms with Gasteiger partial charge in [0.2, 0.25) is 0 Å². The molecule has 96 valence electrons. The maximum atomic E-state index is 13.8. The molecule has 0 aliphatic rings. The van der Waals surface area contributed by atoms with Gasteiger partial charge in [0.25, 0.3) is 0 Å². The molecule has 0 aliphatic carbocycles. The largest absolute Gasteiger partial charge is 0.271 e. The lowest BCUT2D eigenvalue weighted by Gasteiger charge is -2.15. The number of aryl methyl sites for hydroxylation is 2. The van der Waals surface area contributed by atoms with Crippen molar-refractivity contribution in [3.8, 4) is 0 Å². The third-order valence-corrected chi connectivity index (χ3v) is 2.66. The van der Waals surface area contributed by atoms with Gasteiger partial charge in [0.15, 0.2) is 5.82 Å². The molecule has 0 saturated carbocycles. The van der Waals surface area contributed by atoms with Crippen molar-refractivity contribution < 1.29 is 4.39 Å². The van der Waals surface area contributed by atoms with Crippen LogP contribution in [0.5, 0.6) is 0 Å². The molecule has 0 amide bonds. The Labute approximate surface area is 104 Å². The van der Waals surface area contributed by atoms with Crippen molar-refractivity contribution in [2.75, 3.05) is 0 Å². The summed E-state index contributed by atoms with van der Waals surface area (Å²) in [4.78, 5) is 1.36. The summed E-state index contributed by atoms with van der Waals surface area (Å²) >= 11 is 0. The van der Waals surface area contributed by atoms with Gasteiger partial charge in [-0.2, -0.15) is 4.80 Å². The Bertz CT molecular complexity index is 538. The van der Waals surface area contributed by atoms with Gasteiger partial charge < -0.3 is 0 Å². The monoisotopic (exact) mass is 250 g/mol. The zero-order valence-electron chi connectivity index (χ0n) is 10.3. The molecule has 0 saturated heterocycles. The van der Waals surface area contributed by atoms with Gasteiger partial charge in [-0.15, -0.1) is 10.2 Å². The maximum Gasteiger partial charge on any atom is 0.176 e. The molecule has 0 radical (unpaired) electrons. The molecule has 1 unspecified atom stereocenters. The summed E-state index contributed by atoms with van der Waals surface area (Å²) in [6, 6.07) is 4.52. The van der Waals surface area contributed by atoms with Crippen molar-refractivity contribution in [2.45, 2.75) is 19.4 Å². The molecule has 2 aromatic rings. The fourth-order valence-electron chi connectivity index (χ4n) is 1.78. The highest BCUT2D eigenvalue weighted by Crippen LogP contribution is 2.20. The molecule has 7 heteroatoms. The van der Waals surface area contributed by atoms with Gasteiger partial charge in [-0.1, -0.05) is 17.7 Å². The lowest BCUT2D eigenvalue weighted by molar-refractivity contribution is 0.500. The molecular formula is C11H15FN6. The van der Waals surface area contributed by atoms with Crippen molar-refractivity contribution in [2.24, 2.45) is 12.9 Å². The summed E-state index contributed by atoms with van der Waals surface area (Å²) in [5, 5.41) is 11.6. The van der Waals surface area contributed by atoms with Crippen molar-refractivity contribution in [3.05, 3.63) is 41.0 Å². The van der Waals surface area contributed by atoms with Crippen LogP contribution in [0.25, 0.3) is 0 Å². The SMILES string of the molecule is Cc1ccc(F)c(C(Cc2nnn(C)n2)NN)c1. The summed E-state index contributed by atoms with van der Waals surface area (Å²) in [5.41, 5.74) is 4.06. The third-order valence-electron chi connectivity index (χ3n) is 2.66. The highest BCUT2D eigenvalue weighted by molar-refractivity contribution is 5.27. The van der Waals surface area contributed by atoms with Crippen molar-refractivity contribution >= 4 is 0 Å². The Morgan fingerprint density at radius 1 is 1.50 bits per heavy atom. The summed E-state index contributed by atoms with van der Waals surface area (Å²) in [5.74, 6) is 5.70. The highest BCUT2D eigenvalue weighted by atomic mass is 19.1. The minimum atomic E-state index is -0.380. The van der Waals surface area contributed by atoms with Crippen LogP contribution in [0.1, 0.15) is 23.0 Å². The number of aromatic nitrogens is 4. The summed E-state index contributed by atoms with van der Waals surface area (Å²) in [6.07, 6.45) is 0.380. The predicted molar refractivity (Wildman–Crippen MR) is 63.7 cm³/mol. The molecule has 1 heterocycles. The van der Waals surface area contributed by atoms with Crippen LogP contribution in [0.2, 0.25) is 0 Å². The number of benzene rings is 1. The highest BCUT2D eigenvalue weighted by Gasteiger charge is 2.17. The Morgan fingerprint density at radius 3 is 2.89 bits per heavy atom. The Hall–Kier alpha value is -1.86. The van der Waals surface area contributed by atoms with Crippen molar-refractivity contribution in [1.82, 2.24) is 25.6 Å². The molecule has 0 aliphatic heterocycles. The van der Waals surface area contributed by atoms with E-state index in [2.05, 4.69) is 20.8 Å². The standard InChI is InChI=1S/C11H15FN6/c1-7-3-4-9(12)8(5-7)10(14-13)6-11-15-17-18(2)16-11/h3-5,10,14H,6,13H2,1-2H3. The number of tetrazole rings is 1. The van der Waals surface area contributed by atoms with Crippen LogP contribution < -0.4 is 11.3 Å². The minimum Gasteiger partial charge on any atom is -0.271 e. The molecule has 1 aromatic carbocycles. The molecule has 3 N–H and O–H groups in total. The topological polar surface area (TPSA) is 81.7 Å². The van der Waals surface area contributed by atoms with Crippen LogP contribution >= 0.6 is 0 Å². The van der Waals surface area contributed by atoms with E-state index in [1.54, 1.807) is 19.2 Å². The molecule has 0 spiro atoms. The van der Waals surface area contributed by atoms with Crippen LogP contribution in [-0.4, -0.2) is 20.2 Å². The fourth-order valence-corrected chi connectivity index (χ4v) is 1.78. The van der Waals surface area contributed by atoms with Gasteiger partial charge in [-0.3, -0.25) is 11.3 Å². The Morgan fingerprint density at radius 2 is 2.28 bits per heavy atom. The second-order valence-corrected chi connectivity index (χ2v) is 4.14. The van der Waals surface area contributed by atoms with Crippen LogP contribution in [0, 0.1) is 12.7 Å². The van der Waals surface area contributed by atoms with E-state index >= 15 is 0 Å². The maximum absolute atomic E-state index is 13.8. The first-order valence-electron chi connectivity index (χ1n) is 5.55. The van der Waals surface area contributed by atoms with Gasteiger partial charge >= 0.3 is 0 Å². The zero-order valence-corrected chi connectivity index (χ0v) is 10.3. The van der Waals surface area contributed by atoms with E-state index < -0.39 is 0 Å². The molecule has 1 aromatic heterocycles. The normalized spacial score (nSPS) is 12.7. The van der Waals surface area contributed by atoms with Gasteiger partial charge in [0, 0.05) is 12.0 Å². The number of halogens is 1. The second kappa shape index (κ2) is 5.19. The van der Waals surface area contributed by atoms with Gasteiger partial charge in [-0.05, 0) is 18.2 Å². The Balaban J connectivity index is 2.25. The number of hydrazine groups is 1. The van der Waals surface area contributed by atoms with E-state index in [0.29, 0.717) is 17.8 Å². The average Bonchev–Trinajstić information content (AvgIpc) is 2.75. The smallest absolute Gasteiger partial charge is 0.176 e. The fraction of sp³-hybridized carbons (Fsp3) is 0.364. The predicted octanol–water partition coefficient (Wildman–Crippen LogP) is 0.405. The van der Waals surface area contributed by atoms with E-state index in [-0.39, 0.29) is 11.9 Å². The van der Waals surface area contributed by atoms with Crippen LogP contribution in [0.3, 0.4) is 0 Å². The number of rotatable bonds is 4. The zero-order chi connectivity index (χ0) is 13.1. The van der Waals surface area contributed by atoms with Crippen LogP contribution in [0.4, 0.5) is 4.39 Å². The molecule has 1 atom stereocenters. The van der Waals surface area contributed by atoms with Crippen LogP contribution in [0.15, 0.2) is 18.2 Å². The molecule has 6 nitrogen and oxygen atoms in total. The lowest BCUT2D eigenvalue weighted by Crippen LogP contribution is -2.30. The molecular weight excluding hydrogens is 235 g/mol. The number of hydrogen-bond donors (Lipinski definition) is 2. The first kappa shape index (κ1) is 12.6. The van der Waals surface area contributed by atoms with Crippen molar-refractivity contribution in [3.63, 3.8) is 0 Å². The van der Waals surface area contributed by atoms with Gasteiger partial charge in [0.1, 0.15) is 5.82 Å². The van der Waals surface area contributed by atoms with E-state index in [1.165, 1.54) is 10.9 Å². The van der Waals surface area contributed by atoms with E-state index in [1.807, 2.05) is 6.92 Å². The second-order valence-electron chi connectivity index (χ2n) is 4.14. The average molecular weight is 250 g/mol. The first-order chi connectivity index (χ1) is 8.60. The first-order valence-corrected chi connectivity index (χ1v) is 5.55. The van der Waals surface area contributed by atoms with Gasteiger partial charge in [-0.25, -0.2) is 4.39 Å². The summed E-state index contributed by atoms with van der Waals surface area (Å²) in [6.45, 7) is 1.90. The van der Waals surface area contributed by atoms with Gasteiger partial charge in [0.05, 0.1) is 13.1 Å². The molecule has 0 bridgehead atoms. The summed E-state index contributed by atoms with van der Waals surface area (Å²) < 4.78 is 13.8. The Kier molecular flexibility index (Phi) is 3.63. The quantitative estimate of drug-likeness (QED) is 0.606. The number of hydrogen-bond acceptors (Lipinski definition) is 5.